The number of nitrogens with zero attached hydrogens (tertiary/aromatic N) is 2. The summed E-state index contributed by atoms with van der Waals surface area (Å²) in [5.41, 5.74) is -0.161. The van der Waals surface area contributed by atoms with E-state index in [0.29, 0.717) is 46.4 Å². The SMILES string of the molecule is C[C@H]1NC(=O)CC/C=C\CN(c2ccc(Cl)cc2)C(=O)[C@@H]2N(CCCCCO)C(=O)[C@H]3[C@H](C(=O)O[C@@H]1c1ccccc1)[C@H]1O[C@@]23C=C1Br. The first-order valence-electron chi connectivity index (χ1n) is 16.4. The van der Waals surface area contributed by atoms with Gasteiger partial charge in [0.15, 0.2) is 0 Å². The summed E-state index contributed by atoms with van der Waals surface area (Å²) in [6, 6.07) is 14.4. The molecule has 2 saturated heterocycles. The molecular formula is C36H39BrClN3O7. The van der Waals surface area contributed by atoms with Gasteiger partial charge in [0.2, 0.25) is 11.8 Å². The Hall–Kier alpha value is -3.51. The Morgan fingerprint density at radius 2 is 1.73 bits per heavy atom. The molecule has 6 rings (SSSR count). The number of amides is 3. The second kappa shape index (κ2) is 14.5. The molecule has 2 aromatic carbocycles. The molecule has 4 heterocycles. The number of unbranched alkanes of at least 4 members (excludes halogenated alkanes) is 2. The molecule has 1 spiro atoms. The zero-order valence-corrected chi connectivity index (χ0v) is 28.9. The molecule has 5 bridgehead atoms. The van der Waals surface area contributed by atoms with Crippen LogP contribution in [-0.4, -0.2) is 77.2 Å². The number of hydrogen-bond acceptors (Lipinski definition) is 7. The summed E-state index contributed by atoms with van der Waals surface area (Å²) >= 11 is 9.80. The molecule has 12 heteroatoms. The molecule has 2 N–H and O–H groups in total. The molecule has 0 saturated carbocycles. The van der Waals surface area contributed by atoms with Gasteiger partial charge in [-0.2, -0.15) is 0 Å². The highest BCUT2D eigenvalue weighted by atomic mass is 79.9. The topological polar surface area (TPSA) is 125 Å². The van der Waals surface area contributed by atoms with E-state index in [1.54, 1.807) is 47.1 Å². The first-order chi connectivity index (χ1) is 23.2. The fourth-order valence-corrected chi connectivity index (χ4v) is 8.25. The number of ether oxygens (including phenoxy) is 2. The number of esters is 1. The van der Waals surface area contributed by atoms with E-state index in [1.807, 2.05) is 42.5 Å². The van der Waals surface area contributed by atoms with Crippen LogP contribution in [0.25, 0.3) is 0 Å². The van der Waals surface area contributed by atoms with Crippen LogP contribution in [0.2, 0.25) is 5.02 Å². The van der Waals surface area contributed by atoms with Crippen LogP contribution in [0.5, 0.6) is 0 Å². The van der Waals surface area contributed by atoms with E-state index >= 15 is 0 Å². The van der Waals surface area contributed by atoms with Crippen LogP contribution in [0, 0.1) is 11.8 Å². The van der Waals surface area contributed by atoms with Crippen LogP contribution >= 0.6 is 27.5 Å². The number of aliphatic hydroxyl groups is 1. The minimum absolute atomic E-state index is 0.0232. The van der Waals surface area contributed by atoms with Crippen LogP contribution in [0.3, 0.4) is 0 Å². The summed E-state index contributed by atoms with van der Waals surface area (Å²) in [4.78, 5) is 59.9. The van der Waals surface area contributed by atoms with Gasteiger partial charge in [0.25, 0.3) is 5.91 Å². The second-order valence-corrected chi connectivity index (χ2v) is 14.1. The number of benzene rings is 2. The van der Waals surface area contributed by atoms with Crippen molar-refractivity contribution in [2.24, 2.45) is 11.8 Å². The van der Waals surface area contributed by atoms with Crippen LogP contribution < -0.4 is 10.2 Å². The molecule has 254 valence electrons. The largest absolute Gasteiger partial charge is 0.455 e. The Kier molecular flexibility index (Phi) is 10.4. The molecule has 2 fully saturated rings. The van der Waals surface area contributed by atoms with Gasteiger partial charge in [-0.1, -0.05) is 70.0 Å². The number of halogens is 2. The molecule has 0 radical (unpaired) electrons. The molecule has 0 aliphatic carbocycles. The predicted molar refractivity (Wildman–Crippen MR) is 183 cm³/mol. The fraction of sp³-hybridized carbons (Fsp3) is 0.444. The minimum atomic E-state index is -1.43. The van der Waals surface area contributed by atoms with Crippen molar-refractivity contribution in [3.05, 3.63) is 87.9 Å². The summed E-state index contributed by atoms with van der Waals surface area (Å²) in [5, 5.41) is 12.9. The number of allylic oxidation sites excluding steroid dienone is 1. The minimum Gasteiger partial charge on any atom is -0.455 e. The lowest BCUT2D eigenvalue weighted by molar-refractivity contribution is -0.161. The zero-order valence-electron chi connectivity index (χ0n) is 26.6. The zero-order chi connectivity index (χ0) is 34.0. The average Bonchev–Trinajstić information content (AvgIpc) is 3.67. The van der Waals surface area contributed by atoms with E-state index in [9.17, 15) is 24.3 Å². The second-order valence-electron chi connectivity index (χ2n) is 12.7. The lowest BCUT2D eigenvalue weighted by atomic mass is 9.74. The Bertz CT molecular complexity index is 1600. The summed E-state index contributed by atoms with van der Waals surface area (Å²) in [6.07, 6.45) is 6.18. The van der Waals surface area contributed by atoms with Crippen molar-refractivity contribution in [2.45, 2.75) is 68.9 Å². The third kappa shape index (κ3) is 6.45. The Morgan fingerprint density at radius 3 is 2.46 bits per heavy atom. The Morgan fingerprint density at radius 1 is 0.979 bits per heavy atom. The molecule has 2 aromatic rings. The Balaban J connectivity index is 1.45. The highest BCUT2D eigenvalue weighted by Gasteiger charge is 2.75. The smallest absolute Gasteiger partial charge is 0.313 e. The molecule has 0 unspecified atom stereocenters. The number of fused-ring (bicyclic) bond motifs is 2. The van der Waals surface area contributed by atoms with E-state index in [0.717, 1.165) is 0 Å². The summed E-state index contributed by atoms with van der Waals surface area (Å²) < 4.78 is 13.4. The maximum atomic E-state index is 14.9. The number of anilines is 1. The number of hydrogen-bond donors (Lipinski definition) is 2. The lowest BCUT2D eigenvalue weighted by Crippen LogP contribution is -2.56. The molecule has 4 aliphatic heterocycles. The maximum Gasteiger partial charge on any atom is 0.313 e. The third-order valence-corrected chi connectivity index (χ3v) is 10.5. The van der Waals surface area contributed by atoms with Crippen molar-refractivity contribution in [2.75, 3.05) is 24.6 Å². The van der Waals surface area contributed by atoms with Crippen molar-refractivity contribution < 1.29 is 33.8 Å². The van der Waals surface area contributed by atoms with Gasteiger partial charge in [-0.05, 0) is 68.5 Å². The Labute approximate surface area is 293 Å². The van der Waals surface area contributed by atoms with Gasteiger partial charge in [-0.15, -0.1) is 0 Å². The quantitative estimate of drug-likeness (QED) is 0.236. The highest BCUT2D eigenvalue weighted by molar-refractivity contribution is 9.11. The molecule has 0 aromatic heterocycles. The number of rotatable bonds is 7. The predicted octanol–water partition coefficient (Wildman–Crippen LogP) is 4.85. The number of carbonyl (C=O) groups is 4. The van der Waals surface area contributed by atoms with Gasteiger partial charge in [-0.25, -0.2) is 0 Å². The first-order valence-corrected chi connectivity index (χ1v) is 17.6. The average molecular weight is 741 g/mol. The van der Waals surface area contributed by atoms with Crippen molar-refractivity contribution in [3.63, 3.8) is 0 Å². The van der Waals surface area contributed by atoms with Crippen LogP contribution in [-0.2, 0) is 28.7 Å². The lowest BCUT2D eigenvalue weighted by Gasteiger charge is -2.36. The third-order valence-electron chi connectivity index (χ3n) is 9.60. The van der Waals surface area contributed by atoms with Crippen molar-refractivity contribution in [1.29, 1.82) is 0 Å². The van der Waals surface area contributed by atoms with Gasteiger partial charge in [0.1, 0.15) is 29.8 Å². The van der Waals surface area contributed by atoms with Gasteiger partial charge < -0.3 is 29.7 Å². The van der Waals surface area contributed by atoms with E-state index in [4.69, 9.17) is 21.1 Å². The fourth-order valence-electron chi connectivity index (χ4n) is 7.39. The monoisotopic (exact) mass is 739 g/mol. The number of carbonyl (C=O) groups excluding carboxylic acids is 4. The number of aliphatic hydroxyl groups excluding tert-OH is 1. The van der Waals surface area contributed by atoms with Gasteiger partial charge in [-0.3, -0.25) is 19.2 Å². The summed E-state index contributed by atoms with van der Waals surface area (Å²) in [6.45, 7) is 2.22. The van der Waals surface area contributed by atoms with E-state index in [-0.39, 0.29) is 43.8 Å². The molecule has 3 amide bonds. The normalized spacial score (nSPS) is 31.4. The molecule has 7 atom stereocenters. The maximum absolute atomic E-state index is 14.9. The van der Waals surface area contributed by atoms with Crippen LogP contribution in [0.4, 0.5) is 5.69 Å². The first kappa shape index (κ1) is 34.4. The van der Waals surface area contributed by atoms with Crippen LogP contribution in [0.15, 0.2) is 77.3 Å². The number of cyclic esters (lactones) is 1. The van der Waals surface area contributed by atoms with E-state index in [2.05, 4.69) is 21.2 Å². The van der Waals surface area contributed by atoms with Crippen molar-refractivity contribution in [1.82, 2.24) is 10.2 Å². The molecule has 4 aliphatic rings. The number of likely N-dealkylation sites (tertiary alicyclic amines) is 1. The van der Waals surface area contributed by atoms with Crippen molar-refractivity contribution in [3.8, 4) is 0 Å². The highest BCUT2D eigenvalue weighted by Crippen LogP contribution is 2.59. The molecular weight excluding hydrogens is 702 g/mol. The number of nitrogens with one attached hydrogen (secondary N) is 1. The van der Waals surface area contributed by atoms with Crippen molar-refractivity contribution >= 4 is 56.9 Å². The van der Waals surface area contributed by atoms with Gasteiger partial charge in [0, 0.05) is 41.3 Å². The summed E-state index contributed by atoms with van der Waals surface area (Å²) in [7, 11) is 0. The standard InChI is InChI=1S/C36H39BrClN3O7/c1-22-30(23-11-5-2-6-12-23)47-35(46)28-29-33(44)41(19-9-4-10-20-42)32(36(29)21-26(37)31(28)48-36)34(45)40(25-16-14-24(38)15-17-25)18-8-3-7-13-27(43)39-22/h2-3,5-6,8,11-12,14-17,21-22,28-32,42H,4,7,9-10,13,18-20H2,1H3,(H,39,43)/b8-3-/t22-,28+,29-,30+,31+,32+,36-/m1/s1. The van der Waals surface area contributed by atoms with Crippen LogP contribution in [0.1, 0.15) is 50.7 Å². The van der Waals surface area contributed by atoms with E-state index < -0.39 is 47.7 Å². The van der Waals surface area contributed by atoms with Gasteiger partial charge in [0.05, 0.1) is 12.0 Å². The summed E-state index contributed by atoms with van der Waals surface area (Å²) in [5.74, 6) is -3.63. The van der Waals surface area contributed by atoms with E-state index in [1.165, 1.54) is 0 Å². The van der Waals surface area contributed by atoms with Gasteiger partial charge >= 0.3 is 5.97 Å². The molecule has 48 heavy (non-hydrogen) atoms. The molecule has 10 nitrogen and oxygen atoms in total.